The van der Waals surface area contributed by atoms with Gasteiger partial charge in [-0.05, 0) is 35.6 Å². The summed E-state index contributed by atoms with van der Waals surface area (Å²) in [5.74, 6) is -0.326. The van der Waals surface area contributed by atoms with Crippen LogP contribution < -0.4 is 5.32 Å². The molecule has 0 aliphatic carbocycles. The summed E-state index contributed by atoms with van der Waals surface area (Å²) in [7, 11) is 0. The zero-order valence-electron chi connectivity index (χ0n) is 22.9. The Balaban J connectivity index is 1.39. The maximum absolute atomic E-state index is 13.5. The zero-order valence-corrected chi connectivity index (χ0v) is 22.9. The van der Waals surface area contributed by atoms with Crippen molar-refractivity contribution in [2.75, 3.05) is 13.2 Å². The van der Waals surface area contributed by atoms with Gasteiger partial charge in [0, 0.05) is 24.9 Å². The molecular weight excluding hydrogens is 496 g/mol. The number of ether oxygens (including phenoxy) is 1. The Morgan fingerprint density at radius 3 is 1.65 bits per heavy atom. The lowest BCUT2D eigenvalue weighted by atomic mass is 9.88. The quantitative estimate of drug-likeness (QED) is 0.250. The molecule has 0 aromatic heterocycles. The van der Waals surface area contributed by atoms with E-state index in [9.17, 15) is 9.59 Å². The fourth-order valence-electron chi connectivity index (χ4n) is 5.84. The Bertz CT molecular complexity index is 1280. The number of hydrogen-bond acceptors (Lipinski definition) is 4. The Morgan fingerprint density at radius 1 is 0.750 bits per heavy atom. The summed E-state index contributed by atoms with van der Waals surface area (Å²) in [4.78, 5) is 28.9. The lowest BCUT2D eigenvalue weighted by molar-refractivity contribution is -0.149. The summed E-state index contributed by atoms with van der Waals surface area (Å²) in [6.07, 6.45) is 0.831. The van der Waals surface area contributed by atoms with Gasteiger partial charge in [0.2, 0.25) is 5.91 Å². The van der Waals surface area contributed by atoms with E-state index in [1.807, 2.05) is 79.7 Å². The lowest BCUT2D eigenvalue weighted by Gasteiger charge is -2.32. The number of rotatable bonds is 10. The third-order valence-corrected chi connectivity index (χ3v) is 7.62. The van der Waals surface area contributed by atoms with Crippen LogP contribution in [0.3, 0.4) is 0 Å². The summed E-state index contributed by atoms with van der Waals surface area (Å²) < 4.78 is 5.52. The van der Waals surface area contributed by atoms with Crippen LogP contribution in [0.1, 0.15) is 54.0 Å². The van der Waals surface area contributed by atoms with E-state index in [0.29, 0.717) is 26.0 Å². The maximum atomic E-state index is 13.5. The van der Waals surface area contributed by atoms with Crippen LogP contribution in [0.2, 0.25) is 0 Å². The number of hydrogen-bond donors (Lipinski definition) is 1. The average molecular weight is 533 g/mol. The van der Waals surface area contributed by atoms with Crippen LogP contribution in [0.4, 0.5) is 0 Å². The van der Waals surface area contributed by atoms with E-state index in [1.54, 1.807) is 0 Å². The molecule has 0 unspecified atom stereocenters. The molecule has 40 heavy (non-hydrogen) atoms. The number of amides is 1. The Labute approximate surface area is 236 Å². The minimum absolute atomic E-state index is 0.0249. The molecule has 1 amide bonds. The molecular formula is C35H36N2O3. The number of nitrogens with one attached hydrogen (secondary N) is 1. The first-order valence-electron chi connectivity index (χ1n) is 14.1. The van der Waals surface area contributed by atoms with Crippen molar-refractivity contribution in [2.24, 2.45) is 0 Å². The lowest BCUT2D eigenvalue weighted by Crippen LogP contribution is -2.41. The molecule has 5 nitrogen and oxygen atoms in total. The van der Waals surface area contributed by atoms with Crippen LogP contribution >= 0.6 is 0 Å². The summed E-state index contributed by atoms with van der Waals surface area (Å²) in [6.45, 7) is 2.69. The second kappa shape index (κ2) is 13.2. The SMILES string of the molecule is CCOC(=O)[C@@H]1C[C@H](NC(=O)CC(c2ccccc2)c2ccccc2)CN1C(c1ccccc1)c1ccccc1. The van der Waals surface area contributed by atoms with Gasteiger partial charge in [0.05, 0.1) is 12.6 Å². The molecule has 0 spiro atoms. The van der Waals surface area contributed by atoms with Crippen molar-refractivity contribution < 1.29 is 14.3 Å². The monoisotopic (exact) mass is 532 g/mol. The first-order valence-corrected chi connectivity index (χ1v) is 14.1. The Hall–Kier alpha value is -4.22. The van der Waals surface area contributed by atoms with Gasteiger partial charge >= 0.3 is 5.97 Å². The van der Waals surface area contributed by atoms with Crippen molar-refractivity contribution in [2.45, 2.75) is 43.8 Å². The number of esters is 1. The fraction of sp³-hybridized carbons (Fsp3) is 0.257. The molecule has 0 bridgehead atoms. The van der Waals surface area contributed by atoms with E-state index < -0.39 is 6.04 Å². The molecule has 2 atom stereocenters. The fourth-order valence-corrected chi connectivity index (χ4v) is 5.84. The minimum atomic E-state index is -0.463. The summed E-state index contributed by atoms with van der Waals surface area (Å²) in [6, 6.07) is 40.0. The van der Waals surface area contributed by atoms with Crippen LogP contribution in [0.15, 0.2) is 121 Å². The summed E-state index contributed by atoms with van der Waals surface area (Å²) >= 11 is 0. The molecule has 4 aromatic rings. The molecule has 1 fully saturated rings. The predicted octanol–water partition coefficient (Wildman–Crippen LogP) is 6.12. The van der Waals surface area contributed by atoms with E-state index in [2.05, 4.69) is 58.7 Å². The smallest absolute Gasteiger partial charge is 0.323 e. The molecule has 1 N–H and O–H groups in total. The van der Waals surface area contributed by atoms with Gasteiger partial charge in [-0.1, -0.05) is 121 Å². The maximum Gasteiger partial charge on any atom is 0.323 e. The molecule has 5 rings (SSSR count). The van der Waals surface area contributed by atoms with Gasteiger partial charge in [-0.3, -0.25) is 14.5 Å². The molecule has 204 valence electrons. The van der Waals surface area contributed by atoms with Crippen molar-refractivity contribution >= 4 is 11.9 Å². The number of benzene rings is 4. The minimum Gasteiger partial charge on any atom is -0.465 e. The van der Waals surface area contributed by atoms with Crippen LogP contribution in [0.25, 0.3) is 0 Å². The average Bonchev–Trinajstić information content (AvgIpc) is 3.41. The second-order valence-electron chi connectivity index (χ2n) is 10.3. The van der Waals surface area contributed by atoms with Crippen molar-refractivity contribution in [1.82, 2.24) is 10.2 Å². The zero-order chi connectivity index (χ0) is 27.7. The highest BCUT2D eigenvalue weighted by atomic mass is 16.5. The van der Waals surface area contributed by atoms with Crippen molar-refractivity contribution in [3.8, 4) is 0 Å². The molecule has 0 saturated carbocycles. The second-order valence-corrected chi connectivity index (χ2v) is 10.3. The van der Waals surface area contributed by atoms with Gasteiger partial charge in [0.25, 0.3) is 0 Å². The van der Waals surface area contributed by atoms with E-state index in [1.165, 1.54) is 0 Å². The van der Waals surface area contributed by atoms with Crippen LogP contribution in [-0.2, 0) is 14.3 Å². The van der Waals surface area contributed by atoms with E-state index in [0.717, 1.165) is 22.3 Å². The Kier molecular flexibility index (Phi) is 9.04. The molecule has 1 heterocycles. The summed E-state index contributed by atoms with van der Waals surface area (Å²) in [5.41, 5.74) is 4.41. The van der Waals surface area contributed by atoms with E-state index in [-0.39, 0.29) is 29.9 Å². The topological polar surface area (TPSA) is 58.6 Å². The number of likely N-dealkylation sites (tertiary alicyclic amines) is 1. The van der Waals surface area contributed by atoms with Gasteiger partial charge in [0.15, 0.2) is 0 Å². The highest BCUT2D eigenvalue weighted by Crippen LogP contribution is 2.36. The molecule has 4 aromatic carbocycles. The first-order chi connectivity index (χ1) is 19.6. The van der Waals surface area contributed by atoms with Gasteiger partial charge in [-0.2, -0.15) is 0 Å². The van der Waals surface area contributed by atoms with Gasteiger partial charge in [-0.15, -0.1) is 0 Å². The number of carbonyl (C=O) groups is 2. The van der Waals surface area contributed by atoms with Gasteiger partial charge in [-0.25, -0.2) is 0 Å². The van der Waals surface area contributed by atoms with Crippen molar-refractivity contribution in [3.05, 3.63) is 144 Å². The van der Waals surface area contributed by atoms with Crippen LogP contribution in [-0.4, -0.2) is 42.0 Å². The standard InChI is InChI=1S/C35H36N2O3/c1-2-40-35(39)32-23-30(25-37(32)34(28-19-11-5-12-20-28)29-21-13-6-14-22-29)36-33(38)24-31(26-15-7-3-8-16-26)27-17-9-4-10-18-27/h3-22,30-32,34H,2,23-25H2,1H3,(H,36,38)/t30-,32-/m0/s1. The third kappa shape index (κ3) is 6.49. The predicted molar refractivity (Wildman–Crippen MR) is 158 cm³/mol. The normalized spacial score (nSPS) is 17.2. The summed E-state index contributed by atoms with van der Waals surface area (Å²) in [5, 5.41) is 3.28. The highest BCUT2D eigenvalue weighted by Gasteiger charge is 2.43. The third-order valence-electron chi connectivity index (χ3n) is 7.62. The van der Waals surface area contributed by atoms with Gasteiger partial charge < -0.3 is 10.1 Å². The molecule has 1 saturated heterocycles. The number of nitrogens with zero attached hydrogens (tertiary/aromatic N) is 1. The molecule has 0 radical (unpaired) electrons. The molecule has 1 aliphatic heterocycles. The van der Waals surface area contributed by atoms with Crippen molar-refractivity contribution in [1.29, 1.82) is 0 Å². The first kappa shape index (κ1) is 27.4. The van der Waals surface area contributed by atoms with E-state index in [4.69, 9.17) is 4.74 Å². The number of carbonyl (C=O) groups excluding carboxylic acids is 2. The molecule has 1 aliphatic rings. The van der Waals surface area contributed by atoms with Crippen LogP contribution in [0.5, 0.6) is 0 Å². The largest absolute Gasteiger partial charge is 0.465 e. The Morgan fingerprint density at radius 2 is 1.20 bits per heavy atom. The highest BCUT2D eigenvalue weighted by molar-refractivity contribution is 5.79. The van der Waals surface area contributed by atoms with E-state index >= 15 is 0 Å². The van der Waals surface area contributed by atoms with Crippen molar-refractivity contribution in [3.63, 3.8) is 0 Å². The van der Waals surface area contributed by atoms with Gasteiger partial charge in [0.1, 0.15) is 6.04 Å². The molecule has 5 heteroatoms. The van der Waals surface area contributed by atoms with Crippen LogP contribution in [0, 0.1) is 0 Å².